The van der Waals surface area contributed by atoms with Crippen LogP contribution in [0.25, 0.3) is 0 Å². The smallest absolute Gasteiger partial charge is 0.332 e. The van der Waals surface area contributed by atoms with Crippen molar-refractivity contribution >= 4 is 5.97 Å². The highest BCUT2D eigenvalue weighted by atomic mass is 16.6. The van der Waals surface area contributed by atoms with Crippen LogP contribution < -0.4 is 0 Å². The molecule has 2 fully saturated rings. The van der Waals surface area contributed by atoms with Gasteiger partial charge in [-0.1, -0.05) is 51.2 Å². The van der Waals surface area contributed by atoms with Gasteiger partial charge in [0.25, 0.3) is 0 Å². The summed E-state index contributed by atoms with van der Waals surface area (Å²) in [6.45, 7) is 12.8. The van der Waals surface area contributed by atoms with Crippen LogP contribution in [0.2, 0.25) is 0 Å². The Balaban J connectivity index is 1.61. The van der Waals surface area contributed by atoms with E-state index in [4.69, 9.17) is 9.47 Å². The molecule has 0 aromatic carbocycles. The van der Waals surface area contributed by atoms with Crippen molar-refractivity contribution in [2.45, 2.75) is 96.9 Å². The van der Waals surface area contributed by atoms with Crippen molar-refractivity contribution in [3.63, 3.8) is 0 Å². The predicted octanol–water partition coefficient (Wildman–Crippen LogP) is 5.19. The number of hydrogen-bond donors (Lipinski definition) is 2. The first-order chi connectivity index (χ1) is 15.6. The fourth-order valence-electron chi connectivity index (χ4n) is 5.54. The Morgan fingerprint density at radius 1 is 1.30 bits per heavy atom. The molecule has 3 rings (SSSR count). The van der Waals surface area contributed by atoms with Gasteiger partial charge in [0.2, 0.25) is 0 Å². The van der Waals surface area contributed by atoms with Crippen LogP contribution in [-0.2, 0) is 14.3 Å². The van der Waals surface area contributed by atoms with Crippen LogP contribution in [-0.4, -0.2) is 47.2 Å². The molecule has 0 aliphatic heterocycles. The van der Waals surface area contributed by atoms with E-state index in [1.54, 1.807) is 0 Å². The maximum Gasteiger partial charge on any atom is 0.332 e. The Bertz CT molecular complexity index is 831. The largest absolute Gasteiger partial charge is 0.458 e. The molecule has 4 atom stereocenters. The van der Waals surface area contributed by atoms with Crippen LogP contribution in [0.4, 0.5) is 0 Å². The van der Waals surface area contributed by atoms with Gasteiger partial charge in [0.05, 0.1) is 18.8 Å². The zero-order valence-corrected chi connectivity index (χ0v) is 20.9. The summed E-state index contributed by atoms with van der Waals surface area (Å²) in [5.41, 5.74) is 3.98. The Labute approximate surface area is 199 Å². The lowest BCUT2D eigenvalue weighted by atomic mass is 9.64. The number of ether oxygens (including phenoxy) is 2. The van der Waals surface area contributed by atoms with E-state index in [0.29, 0.717) is 25.4 Å². The van der Waals surface area contributed by atoms with Crippen molar-refractivity contribution < 1.29 is 24.5 Å². The van der Waals surface area contributed by atoms with Crippen molar-refractivity contribution in [1.82, 2.24) is 0 Å². The van der Waals surface area contributed by atoms with E-state index in [1.165, 1.54) is 11.1 Å². The molecule has 4 unspecified atom stereocenters. The molecule has 5 nitrogen and oxygen atoms in total. The summed E-state index contributed by atoms with van der Waals surface area (Å²) in [6.07, 6.45) is 12.1. The average molecular weight is 459 g/mol. The summed E-state index contributed by atoms with van der Waals surface area (Å²) in [6, 6.07) is 0. The third kappa shape index (κ3) is 5.87. The quantitative estimate of drug-likeness (QED) is 0.387. The first-order valence-corrected chi connectivity index (χ1v) is 12.6. The first-order valence-electron chi connectivity index (χ1n) is 12.6. The molecular weight excluding hydrogens is 416 g/mol. The van der Waals surface area contributed by atoms with Gasteiger partial charge in [0, 0.05) is 6.42 Å². The normalized spacial score (nSPS) is 32.7. The molecule has 0 aromatic heterocycles. The maximum absolute atomic E-state index is 12.2. The lowest BCUT2D eigenvalue weighted by Gasteiger charge is -2.41. The van der Waals surface area contributed by atoms with Crippen molar-refractivity contribution in [3.05, 3.63) is 47.1 Å². The minimum atomic E-state index is -0.661. The molecule has 2 saturated carbocycles. The molecule has 0 radical (unpaired) electrons. The summed E-state index contributed by atoms with van der Waals surface area (Å²) in [7, 11) is 0. The van der Waals surface area contributed by atoms with Gasteiger partial charge in [-0.25, -0.2) is 4.79 Å². The molecule has 2 N–H and O–H groups in total. The van der Waals surface area contributed by atoms with Crippen molar-refractivity contribution in [2.24, 2.45) is 11.3 Å². The Hall–Kier alpha value is -1.69. The molecule has 0 saturated heterocycles. The van der Waals surface area contributed by atoms with Crippen molar-refractivity contribution in [3.8, 4) is 0 Å². The Morgan fingerprint density at radius 3 is 2.73 bits per heavy atom. The highest BCUT2D eigenvalue weighted by molar-refractivity contribution is 5.71. The zero-order valence-electron chi connectivity index (χ0n) is 20.9. The number of aliphatic hydroxyl groups is 2. The second-order valence-electron chi connectivity index (χ2n) is 10.5. The summed E-state index contributed by atoms with van der Waals surface area (Å²) >= 11 is 0. The van der Waals surface area contributed by atoms with Crippen LogP contribution >= 0.6 is 0 Å². The van der Waals surface area contributed by atoms with Crippen LogP contribution in [0.5, 0.6) is 0 Å². The van der Waals surface area contributed by atoms with Gasteiger partial charge in [-0.05, 0) is 79.9 Å². The second-order valence-corrected chi connectivity index (χ2v) is 10.5. The third-order valence-electron chi connectivity index (χ3n) is 8.31. The summed E-state index contributed by atoms with van der Waals surface area (Å²) in [5, 5.41) is 20.1. The molecule has 0 heterocycles. The van der Waals surface area contributed by atoms with E-state index in [1.807, 2.05) is 20.8 Å². The SMILES string of the molecule is C=C1/C(=C/C=C2/CCCC3(C)C(COCC(=O)OC(C)(CC)CC)=CCC23)CC(O)CC1O. The van der Waals surface area contributed by atoms with E-state index >= 15 is 0 Å². The molecule has 3 aliphatic carbocycles. The van der Waals surface area contributed by atoms with Gasteiger partial charge < -0.3 is 19.7 Å². The molecule has 0 amide bonds. The fraction of sp³-hybridized carbons (Fsp3) is 0.679. The van der Waals surface area contributed by atoms with Crippen LogP contribution in [0.1, 0.15) is 79.1 Å². The number of carbonyl (C=O) groups is 1. The van der Waals surface area contributed by atoms with E-state index in [-0.39, 0.29) is 18.0 Å². The number of carbonyl (C=O) groups excluding carboxylic acids is 1. The van der Waals surface area contributed by atoms with Crippen LogP contribution in [0, 0.1) is 11.3 Å². The lowest BCUT2D eigenvalue weighted by molar-refractivity contribution is -0.163. The third-order valence-corrected chi connectivity index (χ3v) is 8.31. The zero-order chi connectivity index (χ0) is 24.2. The molecule has 0 aromatic rings. The highest BCUT2D eigenvalue weighted by Gasteiger charge is 2.44. The van der Waals surface area contributed by atoms with Gasteiger partial charge in [-0.2, -0.15) is 0 Å². The average Bonchev–Trinajstić information content (AvgIpc) is 3.11. The van der Waals surface area contributed by atoms with Gasteiger partial charge in [-0.3, -0.25) is 0 Å². The molecule has 3 aliphatic rings. The first kappa shape index (κ1) is 25.9. The summed E-state index contributed by atoms with van der Waals surface area (Å²) in [5.74, 6) is 0.123. The standard InChI is InChI=1S/C28H42O5/c1-6-27(4,7-2)33-26(31)18-32-17-22-12-13-24-20(9-8-14-28(22,24)5)10-11-21-15-23(29)16-25(30)19(21)3/h10-12,23-25,29-30H,3,6-9,13-18H2,1-2,4-5H3/b20-10-,21-11+. The molecule has 33 heavy (non-hydrogen) atoms. The van der Waals surface area contributed by atoms with Gasteiger partial charge in [0.1, 0.15) is 12.2 Å². The highest BCUT2D eigenvalue weighted by Crippen LogP contribution is 2.54. The minimum absolute atomic E-state index is 0.0186. The number of aliphatic hydroxyl groups excluding tert-OH is 2. The second kappa shape index (κ2) is 10.7. The topological polar surface area (TPSA) is 76.0 Å². The summed E-state index contributed by atoms with van der Waals surface area (Å²) in [4.78, 5) is 12.2. The van der Waals surface area contributed by atoms with Gasteiger partial charge >= 0.3 is 5.97 Å². The van der Waals surface area contributed by atoms with Gasteiger partial charge in [-0.15, -0.1) is 0 Å². The Morgan fingerprint density at radius 2 is 2.03 bits per heavy atom. The van der Waals surface area contributed by atoms with E-state index < -0.39 is 17.8 Å². The molecule has 0 spiro atoms. The lowest BCUT2D eigenvalue weighted by Crippen LogP contribution is -2.33. The number of hydrogen-bond acceptors (Lipinski definition) is 5. The monoisotopic (exact) mass is 458 g/mol. The van der Waals surface area contributed by atoms with E-state index in [0.717, 1.165) is 49.7 Å². The molecule has 5 heteroatoms. The molecule has 0 bridgehead atoms. The predicted molar refractivity (Wildman–Crippen MR) is 131 cm³/mol. The van der Waals surface area contributed by atoms with Crippen LogP contribution in [0.15, 0.2) is 47.1 Å². The Kier molecular flexibility index (Phi) is 8.41. The number of rotatable bonds is 8. The van der Waals surface area contributed by atoms with Crippen molar-refractivity contribution in [2.75, 3.05) is 13.2 Å². The fourth-order valence-corrected chi connectivity index (χ4v) is 5.54. The van der Waals surface area contributed by atoms with Crippen LogP contribution in [0.3, 0.4) is 0 Å². The van der Waals surface area contributed by atoms with Gasteiger partial charge in [0.15, 0.2) is 0 Å². The molecular formula is C28H42O5. The number of fused-ring (bicyclic) bond motifs is 1. The van der Waals surface area contributed by atoms with E-state index in [2.05, 4.69) is 31.7 Å². The minimum Gasteiger partial charge on any atom is -0.458 e. The van der Waals surface area contributed by atoms with E-state index in [9.17, 15) is 15.0 Å². The maximum atomic E-state index is 12.2. The number of esters is 1. The van der Waals surface area contributed by atoms with Crippen molar-refractivity contribution in [1.29, 1.82) is 0 Å². The number of allylic oxidation sites excluding steroid dienone is 4. The molecule has 184 valence electrons. The summed E-state index contributed by atoms with van der Waals surface area (Å²) < 4.78 is 11.4.